The number of halogens is 1. The molecule has 5 heteroatoms. The van der Waals surface area contributed by atoms with Gasteiger partial charge in [-0.2, -0.15) is 0 Å². The second-order valence-electron chi connectivity index (χ2n) is 5.75. The molecule has 1 fully saturated rings. The van der Waals surface area contributed by atoms with E-state index in [9.17, 15) is 9.18 Å². The van der Waals surface area contributed by atoms with Crippen molar-refractivity contribution < 1.29 is 13.6 Å². The van der Waals surface area contributed by atoms with Crippen LogP contribution in [0.4, 0.5) is 10.1 Å². The maximum atomic E-state index is 13.4. The molecule has 2 aromatic rings. The Balaban J connectivity index is 1.58. The first-order valence-electron chi connectivity index (χ1n) is 7.25. The molecule has 1 aromatic heterocycles. The van der Waals surface area contributed by atoms with Gasteiger partial charge in [0, 0.05) is 13.0 Å². The number of hydrogen-bond donors (Lipinski definition) is 0. The minimum atomic E-state index is -0.331. The first-order valence-corrected chi connectivity index (χ1v) is 7.25. The summed E-state index contributed by atoms with van der Waals surface area (Å²) < 4.78 is 18.8. The molecule has 0 atom stereocenters. The van der Waals surface area contributed by atoms with Gasteiger partial charge in [-0.3, -0.25) is 4.79 Å². The van der Waals surface area contributed by atoms with E-state index < -0.39 is 0 Å². The molecule has 0 radical (unpaired) electrons. The third-order valence-corrected chi connectivity index (χ3v) is 4.12. The van der Waals surface area contributed by atoms with Gasteiger partial charge in [0.15, 0.2) is 11.6 Å². The maximum absolute atomic E-state index is 13.4. The third-order valence-electron chi connectivity index (χ3n) is 4.12. The Kier molecular flexibility index (Phi) is 2.80. The molecular formula is C16H15FN2O2. The van der Waals surface area contributed by atoms with Crippen LogP contribution >= 0.6 is 0 Å². The summed E-state index contributed by atoms with van der Waals surface area (Å²) in [6, 6.07) is 4.57. The lowest BCUT2D eigenvalue weighted by Crippen LogP contribution is -2.29. The molecule has 1 saturated carbocycles. The van der Waals surface area contributed by atoms with E-state index >= 15 is 0 Å². The second kappa shape index (κ2) is 4.69. The first kappa shape index (κ1) is 12.6. The molecule has 4 nitrogen and oxygen atoms in total. The normalized spacial score (nSPS) is 17.1. The fraction of sp³-hybridized carbons (Fsp3) is 0.375. The zero-order chi connectivity index (χ0) is 14.4. The van der Waals surface area contributed by atoms with Crippen molar-refractivity contribution in [3.63, 3.8) is 0 Å². The van der Waals surface area contributed by atoms with Gasteiger partial charge in [0.05, 0.1) is 5.69 Å². The Labute approximate surface area is 121 Å². The Hall–Kier alpha value is -2.17. The van der Waals surface area contributed by atoms with Gasteiger partial charge in [-0.05, 0) is 42.9 Å². The lowest BCUT2D eigenvalue weighted by atomic mass is 10.2. The van der Waals surface area contributed by atoms with Gasteiger partial charge in [-0.25, -0.2) is 9.37 Å². The van der Waals surface area contributed by atoms with Crippen molar-refractivity contribution >= 4 is 11.6 Å². The molecule has 1 aliphatic heterocycles. The molecule has 0 spiro atoms. The largest absolute Gasteiger partial charge is 0.448 e. The number of hydrogen-bond acceptors (Lipinski definition) is 3. The fourth-order valence-corrected chi connectivity index (χ4v) is 2.77. The van der Waals surface area contributed by atoms with Crippen molar-refractivity contribution in [1.82, 2.24) is 4.98 Å². The van der Waals surface area contributed by atoms with Crippen molar-refractivity contribution in [3.05, 3.63) is 47.4 Å². The molecule has 0 N–H and O–H groups in total. The molecule has 2 aliphatic rings. The van der Waals surface area contributed by atoms with Gasteiger partial charge >= 0.3 is 0 Å². The van der Waals surface area contributed by atoms with Crippen LogP contribution in [0, 0.1) is 11.7 Å². The van der Waals surface area contributed by atoms with E-state index in [1.54, 1.807) is 11.0 Å². The summed E-state index contributed by atoms with van der Waals surface area (Å²) >= 11 is 0. The molecule has 108 valence electrons. The SMILES string of the molecule is O=C(c1coc(CC2CC2)n1)N1CCc2ccc(F)cc21. The van der Waals surface area contributed by atoms with Crippen molar-refractivity contribution in [2.24, 2.45) is 5.92 Å². The number of oxazole rings is 1. The van der Waals surface area contributed by atoms with Crippen LogP contribution in [0.2, 0.25) is 0 Å². The van der Waals surface area contributed by atoms with Gasteiger partial charge in [-0.1, -0.05) is 6.07 Å². The Bertz CT molecular complexity index is 706. The van der Waals surface area contributed by atoms with E-state index in [-0.39, 0.29) is 11.7 Å². The van der Waals surface area contributed by atoms with Crippen molar-refractivity contribution in [2.45, 2.75) is 25.7 Å². The number of anilines is 1. The van der Waals surface area contributed by atoms with Crippen molar-refractivity contribution in [2.75, 3.05) is 11.4 Å². The van der Waals surface area contributed by atoms with Crippen LogP contribution in [0.15, 0.2) is 28.9 Å². The van der Waals surface area contributed by atoms with Crippen LogP contribution in [-0.2, 0) is 12.8 Å². The number of benzene rings is 1. The third kappa shape index (κ3) is 2.33. The highest BCUT2D eigenvalue weighted by Crippen LogP contribution is 2.33. The number of carbonyl (C=O) groups is 1. The summed E-state index contributed by atoms with van der Waals surface area (Å²) in [5.74, 6) is 0.737. The van der Waals surface area contributed by atoms with Crippen LogP contribution in [0.25, 0.3) is 0 Å². The van der Waals surface area contributed by atoms with E-state index in [1.807, 2.05) is 0 Å². The van der Waals surface area contributed by atoms with Crippen molar-refractivity contribution in [1.29, 1.82) is 0 Å². The average molecular weight is 286 g/mol. The molecule has 0 unspecified atom stereocenters. The fourth-order valence-electron chi connectivity index (χ4n) is 2.77. The average Bonchev–Trinajstić information content (AvgIpc) is 3.00. The van der Waals surface area contributed by atoms with Gasteiger partial charge in [0.1, 0.15) is 12.1 Å². The van der Waals surface area contributed by atoms with Crippen LogP contribution in [-0.4, -0.2) is 17.4 Å². The van der Waals surface area contributed by atoms with Gasteiger partial charge in [0.25, 0.3) is 5.91 Å². The molecule has 4 rings (SSSR count). The molecule has 21 heavy (non-hydrogen) atoms. The Morgan fingerprint density at radius 2 is 2.29 bits per heavy atom. The highest BCUT2D eigenvalue weighted by molar-refractivity contribution is 6.05. The lowest BCUT2D eigenvalue weighted by Gasteiger charge is -2.15. The van der Waals surface area contributed by atoms with Crippen LogP contribution in [0.1, 0.15) is 34.8 Å². The topological polar surface area (TPSA) is 46.3 Å². The first-order chi connectivity index (χ1) is 10.2. The molecule has 0 saturated heterocycles. The molecular weight excluding hydrogens is 271 g/mol. The quantitative estimate of drug-likeness (QED) is 0.871. The summed E-state index contributed by atoms with van der Waals surface area (Å²) in [6.45, 7) is 0.558. The zero-order valence-electron chi connectivity index (χ0n) is 11.5. The summed E-state index contributed by atoms with van der Waals surface area (Å²) in [5, 5.41) is 0. The summed E-state index contributed by atoms with van der Waals surface area (Å²) in [7, 11) is 0. The molecule has 1 amide bonds. The predicted octanol–water partition coefficient (Wildman–Crippen LogP) is 2.97. The number of carbonyl (C=O) groups excluding carboxylic acids is 1. The molecule has 0 bridgehead atoms. The second-order valence-corrected chi connectivity index (χ2v) is 5.75. The van der Waals surface area contributed by atoms with Crippen LogP contribution in [0.5, 0.6) is 0 Å². The summed E-state index contributed by atoms with van der Waals surface area (Å²) in [4.78, 5) is 18.4. The monoisotopic (exact) mass is 286 g/mol. The maximum Gasteiger partial charge on any atom is 0.280 e. The lowest BCUT2D eigenvalue weighted by molar-refractivity contribution is 0.0984. The highest BCUT2D eigenvalue weighted by atomic mass is 19.1. The molecule has 2 heterocycles. The zero-order valence-corrected chi connectivity index (χ0v) is 11.5. The molecule has 1 aliphatic carbocycles. The van der Waals surface area contributed by atoms with E-state index in [0.29, 0.717) is 29.7 Å². The predicted molar refractivity (Wildman–Crippen MR) is 74.7 cm³/mol. The number of amides is 1. The molecule has 1 aromatic carbocycles. The van der Waals surface area contributed by atoms with E-state index in [4.69, 9.17) is 4.42 Å². The minimum Gasteiger partial charge on any atom is -0.448 e. The highest BCUT2D eigenvalue weighted by Gasteiger charge is 2.29. The Morgan fingerprint density at radius 3 is 3.10 bits per heavy atom. The number of rotatable bonds is 3. The number of fused-ring (bicyclic) bond motifs is 1. The van der Waals surface area contributed by atoms with Crippen LogP contribution in [0.3, 0.4) is 0 Å². The van der Waals surface area contributed by atoms with E-state index in [1.165, 1.54) is 31.2 Å². The van der Waals surface area contributed by atoms with Gasteiger partial charge in [0.2, 0.25) is 0 Å². The van der Waals surface area contributed by atoms with E-state index in [0.717, 1.165) is 18.4 Å². The summed E-state index contributed by atoms with van der Waals surface area (Å²) in [6.07, 6.45) is 5.39. The number of nitrogens with zero attached hydrogens (tertiary/aromatic N) is 2. The van der Waals surface area contributed by atoms with Crippen LogP contribution < -0.4 is 4.90 Å². The standard InChI is InChI=1S/C16H15FN2O2/c17-12-4-3-11-5-6-19(14(11)8-12)16(20)13-9-21-15(18-13)7-10-1-2-10/h3-4,8-10H,1-2,5-7H2. The van der Waals surface area contributed by atoms with Gasteiger partial charge < -0.3 is 9.32 Å². The Morgan fingerprint density at radius 1 is 1.43 bits per heavy atom. The summed E-state index contributed by atoms with van der Waals surface area (Å²) in [5.41, 5.74) is 1.95. The minimum absolute atomic E-state index is 0.217. The van der Waals surface area contributed by atoms with E-state index in [2.05, 4.69) is 4.98 Å². The van der Waals surface area contributed by atoms with Crippen molar-refractivity contribution in [3.8, 4) is 0 Å². The van der Waals surface area contributed by atoms with Gasteiger partial charge in [-0.15, -0.1) is 0 Å². The smallest absolute Gasteiger partial charge is 0.280 e. The number of aromatic nitrogens is 1.